The van der Waals surface area contributed by atoms with Gasteiger partial charge >= 0.3 is 0 Å². The van der Waals surface area contributed by atoms with Gasteiger partial charge in [0.1, 0.15) is 0 Å². The van der Waals surface area contributed by atoms with E-state index in [4.69, 9.17) is 18.9 Å². The van der Waals surface area contributed by atoms with Crippen molar-refractivity contribution in [1.82, 2.24) is 4.90 Å². The zero-order chi connectivity index (χ0) is 24.5. The SMILES string of the molecule is CCOc1cc(C2CC(=O)N3C(=C2C#N)SCC3(O)c2ccc(OC)c(OC)c2)ccc1OC. The standard InChI is InChI=1S/C25H26N2O6S/c1-5-33-22-10-15(6-8-20(22)31-3)17-12-23(28)27-24(18(17)13-26)34-14-25(27,29)16-7-9-19(30-2)21(11-16)32-4/h6-11,17,29H,5,12,14H2,1-4H3. The van der Waals surface area contributed by atoms with Crippen molar-refractivity contribution in [3.63, 3.8) is 0 Å². The van der Waals surface area contributed by atoms with Crippen LogP contribution in [0.15, 0.2) is 47.0 Å². The molecule has 2 aliphatic heterocycles. The fourth-order valence-electron chi connectivity index (χ4n) is 4.39. The number of thioether (sulfide) groups is 1. The highest BCUT2D eigenvalue weighted by Gasteiger charge is 2.52. The van der Waals surface area contributed by atoms with Gasteiger partial charge in [-0.05, 0) is 36.8 Å². The fourth-order valence-corrected chi connectivity index (χ4v) is 5.75. The highest BCUT2D eigenvalue weighted by molar-refractivity contribution is 8.03. The molecule has 34 heavy (non-hydrogen) atoms. The second-order valence-electron chi connectivity index (χ2n) is 7.83. The molecule has 2 unspecified atom stereocenters. The summed E-state index contributed by atoms with van der Waals surface area (Å²) < 4.78 is 21.7. The summed E-state index contributed by atoms with van der Waals surface area (Å²) >= 11 is 1.29. The predicted octanol–water partition coefficient (Wildman–Crippen LogP) is 3.75. The second-order valence-corrected chi connectivity index (χ2v) is 8.80. The molecule has 0 aliphatic carbocycles. The van der Waals surface area contributed by atoms with Gasteiger partial charge in [-0.1, -0.05) is 12.1 Å². The van der Waals surface area contributed by atoms with E-state index in [0.29, 0.717) is 45.8 Å². The number of allylic oxidation sites excluding steroid dienone is 1. The average Bonchev–Trinajstić information content (AvgIpc) is 3.22. The Morgan fingerprint density at radius 1 is 1.09 bits per heavy atom. The normalized spacial score (nSPS) is 21.7. The lowest BCUT2D eigenvalue weighted by molar-refractivity contribution is -0.149. The highest BCUT2D eigenvalue weighted by Crippen LogP contribution is 2.52. The molecule has 4 rings (SSSR count). The molecule has 1 amide bonds. The zero-order valence-electron chi connectivity index (χ0n) is 19.5. The number of carbonyl (C=O) groups excluding carboxylic acids is 1. The topological polar surface area (TPSA) is 101 Å². The third-order valence-corrected chi connectivity index (χ3v) is 7.27. The van der Waals surface area contributed by atoms with Crippen molar-refractivity contribution in [3.05, 3.63) is 58.1 Å². The van der Waals surface area contributed by atoms with Crippen LogP contribution in [0.3, 0.4) is 0 Å². The summed E-state index contributed by atoms with van der Waals surface area (Å²) in [5.74, 6) is 1.57. The highest BCUT2D eigenvalue weighted by atomic mass is 32.2. The van der Waals surface area contributed by atoms with Crippen molar-refractivity contribution in [2.24, 2.45) is 0 Å². The molecule has 2 heterocycles. The summed E-state index contributed by atoms with van der Waals surface area (Å²) in [6, 6.07) is 12.8. The van der Waals surface area contributed by atoms with Crippen molar-refractivity contribution in [2.75, 3.05) is 33.7 Å². The molecule has 1 fully saturated rings. The number of nitriles is 1. The van der Waals surface area contributed by atoms with E-state index in [2.05, 4.69) is 6.07 Å². The molecule has 1 N–H and O–H groups in total. The first kappa shape index (κ1) is 23.8. The van der Waals surface area contributed by atoms with Crippen LogP contribution in [0.25, 0.3) is 0 Å². The largest absolute Gasteiger partial charge is 0.493 e. The van der Waals surface area contributed by atoms with Crippen LogP contribution in [0, 0.1) is 11.3 Å². The van der Waals surface area contributed by atoms with E-state index >= 15 is 0 Å². The van der Waals surface area contributed by atoms with Gasteiger partial charge in [0.25, 0.3) is 0 Å². The number of ether oxygens (including phenoxy) is 4. The van der Waals surface area contributed by atoms with E-state index in [-0.39, 0.29) is 18.1 Å². The Hall–Kier alpha value is -3.35. The zero-order valence-corrected chi connectivity index (χ0v) is 20.3. The summed E-state index contributed by atoms with van der Waals surface area (Å²) in [5, 5.41) is 22.2. The lowest BCUT2D eigenvalue weighted by atomic mass is 9.85. The van der Waals surface area contributed by atoms with Crippen LogP contribution in [0.4, 0.5) is 0 Å². The molecular weight excluding hydrogens is 456 g/mol. The third kappa shape index (κ3) is 3.83. The van der Waals surface area contributed by atoms with Crippen molar-refractivity contribution < 1.29 is 28.8 Å². The Bertz CT molecular complexity index is 1190. The first-order chi connectivity index (χ1) is 16.4. The second kappa shape index (κ2) is 9.49. The first-order valence-corrected chi connectivity index (χ1v) is 11.8. The minimum absolute atomic E-state index is 0.0421. The van der Waals surface area contributed by atoms with Crippen molar-refractivity contribution in [2.45, 2.75) is 25.0 Å². The molecule has 0 saturated carbocycles. The van der Waals surface area contributed by atoms with E-state index in [9.17, 15) is 15.2 Å². The van der Waals surface area contributed by atoms with Gasteiger partial charge < -0.3 is 24.1 Å². The Morgan fingerprint density at radius 2 is 1.76 bits per heavy atom. The maximum Gasteiger partial charge on any atom is 0.231 e. The molecule has 0 spiro atoms. The van der Waals surface area contributed by atoms with Crippen molar-refractivity contribution in [3.8, 4) is 29.1 Å². The number of rotatable bonds is 7. The van der Waals surface area contributed by atoms with Crippen LogP contribution < -0.4 is 18.9 Å². The predicted molar refractivity (Wildman–Crippen MR) is 127 cm³/mol. The summed E-state index contributed by atoms with van der Waals surface area (Å²) in [6.07, 6.45) is 0.0421. The van der Waals surface area contributed by atoms with Gasteiger partial charge in [0.05, 0.1) is 50.4 Å². The number of aliphatic hydroxyl groups is 1. The van der Waals surface area contributed by atoms with Crippen LogP contribution in [0.1, 0.15) is 30.4 Å². The number of fused-ring (bicyclic) bond motifs is 1. The molecule has 0 aromatic heterocycles. The molecule has 178 valence electrons. The van der Waals surface area contributed by atoms with Gasteiger partial charge in [-0.2, -0.15) is 5.26 Å². The van der Waals surface area contributed by atoms with E-state index in [1.54, 1.807) is 31.4 Å². The summed E-state index contributed by atoms with van der Waals surface area (Å²) in [5.41, 5.74) is 0.0944. The third-order valence-electron chi connectivity index (χ3n) is 6.05. The van der Waals surface area contributed by atoms with Gasteiger partial charge in [-0.25, -0.2) is 0 Å². The van der Waals surface area contributed by atoms with Crippen LogP contribution in [0.2, 0.25) is 0 Å². The monoisotopic (exact) mass is 482 g/mol. The number of hydrogen-bond donors (Lipinski definition) is 1. The van der Waals surface area contributed by atoms with Crippen LogP contribution in [-0.4, -0.2) is 49.6 Å². The minimum atomic E-state index is -1.61. The maximum absolute atomic E-state index is 13.4. The molecule has 0 radical (unpaired) electrons. The van der Waals surface area contributed by atoms with Crippen LogP contribution >= 0.6 is 11.8 Å². The van der Waals surface area contributed by atoms with E-state index in [0.717, 1.165) is 5.56 Å². The molecule has 2 aromatic rings. The minimum Gasteiger partial charge on any atom is -0.493 e. The average molecular weight is 483 g/mol. The van der Waals surface area contributed by atoms with E-state index in [1.807, 2.05) is 19.1 Å². The summed E-state index contributed by atoms with van der Waals surface area (Å²) in [7, 11) is 4.60. The smallest absolute Gasteiger partial charge is 0.231 e. The number of benzene rings is 2. The van der Waals surface area contributed by atoms with Crippen LogP contribution in [0.5, 0.6) is 23.0 Å². The quantitative estimate of drug-likeness (QED) is 0.637. The molecule has 0 bridgehead atoms. The lowest BCUT2D eigenvalue weighted by Crippen LogP contribution is -2.48. The first-order valence-electron chi connectivity index (χ1n) is 10.8. The van der Waals surface area contributed by atoms with Gasteiger partial charge in [0, 0.05) is 17.9 Å². The molecule has 2 atom stereocenters. The summed E-state index contributed by atoms with van der Waals surface area (Å²) in [6.45, 7) is 2.33. The molecule has 1 saturated heterocycles. The van der Waals surface area contributed by atoms with E-state index < -0.39 is 11.6 Å². The number of methoxy groups -OCH3 is 3. The fraction of sp³-hybridized carbons (Fsp3) is 0.360. The molecule has 2 aromatic carbocycles. The summed E-state index contributed by atoms with van der Waals surface area (Å²) in [4.78, 5) is 14.8. The number of nitrogens with zero attached hydrogens (tertiary/aromatic N) is 2. The lowest BCUT2D eigenvalue weighted by Gasteiger charge is -2.38. The van der Waals surface area contributed by atoms with Gasteiger partial charge in [0.2, 0.25) is 5.91 Å². The van der Waals surface area contributed by atoms with Gasteiger partial charge in [-0.15, -0.1) is 11.8 Å². The van der Waals surface area contributed by atoms with E-state index in [1.165, 1.54) is 30.9 Å². The maximum atomic E-state index is 13.4. The Balaban J connectivity index is 1.77. The molecule has 2 aliphatic rings. The van der Waals surface area contributed by atoms with Crippen molar-refractivity contribution in [1.29, 1.82) is 5.26 Å². The number of amides is 1. The number of carbonyl (C=O) groups is 1. The Labute approximate surface area is 202 Å². The van der Waals surface area contributed by atoms with Crippen molar-refractivity contribution >= 4 is 17.7 Å². The number of hydrogen-bond acceptors (Lipinski definition) is 8. The van der Waals surface area contributed by atoms with Gasteiger partial charge in [0.15, 0.2) is 28.7 Å². The molecular formula is C25H26N2O6S. The van der Waals surface area contributed by atoms with Gasteiger partial charge in [-0.3, -0.25) is 9.69 Å². The molecule has 8 nitrogen and oxygen atoms in total. The Kier molecular flexibility index (Phi) is 6.64. The Morgan fingerprint density at radius 3 is 2.41 bits per heavy atom. The van der Waals surface area contributed by atoms with Crippen LogP contribution in [-0.2, 0) is 10.5 Å². The molecule has 9 heteroatoms.